The molecule has 1 saturated carbocycles. The molecule has 2 heterocycles. The van der Waals surface area contributed by atoms with E-state index in [-0.39, 0.29) is 18.3 Å². The average Bonchev–Trinajstić information content (AvgIpc) is 3.03. The topological polar surface area (TPSA) is 67.2 Å². The Kier molecular flexibility index (Phi) is 4.36. The Bertz CT molecular complexity index is 675. The highest BCUT2D eigenvalue weighted by molar-refractivity contribution is 5.92. The molecule has 2 fully saturated rings. The molecular formula is C16H20ClN3O2. The van der Waals surface area contributed by atoms with Crippen LogP contribution in [0.2, 0.25) is 0 Å². The van der Waals surface area contributed by atoms with Crippen LogP contribution in [0, 0.1) is 5.92 Å². The maximum atomic E-state index is 12.0. The number of fused-ring (bicyclic) bond motifs is 1. The van der Waals surface area contributed by atoms with E-state index in [4.69, 9.17) is 4.42 Å². The van der Waals surface area contributed by atoms with Gasteiger partial charge in [-0.15, -0.1) is 12.4 Å². The number of oxazole rings is 1. The van der Waals surface area contributed by atoms with Crippen LogP contribution in [-0.4, -0.2) is 24.0 Å². The molecule has 1 aromatic heterocycles. The van der Waals surface area contributed by atoms with E-state index in [2.05, 4.69) is 15.6 Å². The first-order valence-electron chi connectivity index (χ1n) is 7.69. The minimum atomic E-state index is 0. The second-order valence-electron chi connectivity index (χ2n) is 6.12. The Hall–Kier alpha value is -1.59. The number of benzene rings is 1. The quantitative estimate of drug-likeness (QED) is 0.908. The predicted molar refractivity (Wildman–Crippen MR) is 87.5 cm³/mol. The lowest BCUT2D eigenvalue weighted by molar-refractivity contribution is -0.116. The summed E-state index contributed by atoms with van der Waals surface area (Å²) >= 11 is 0. The first-order valence-corrected chi connectivity index (χ1v) is 7.69. The zero-order chi connectivity index (χ0) is 14.2. The average molecular weight is 322 g/mol. The molecule has 1 saturated heterocycles. The highest BCUT2D eigenvalue weighted by Gasteiger charge is 2.28. The summed E-state index contributed by atoms with van der Waals surface area (Å²) in [6.07, 6.45) is 4.01. The molecule has 6 heteroatoms. The number of rotatable bonds is 4. The van der Waals surface area contributed by atoms with Crippen molar-refractivity contribution in [1.29, 1.82) is 0 Å². The van der Waals surface area contributed by atoms with Crippen molar-refractivity contribution < 1.29 is 9.21 Å². The fourth-order valence-corrected chi connectivity index (χ4v) is 2.89. The fourth-order valence-electron chi connectivity index (χ4n) is 2.89. The van der Waals surface area contributed by atoms with E-state index in [1.165, 1.54) is 12.8 Å². The number of nitrogens with one attached hydrogen (secondary N) is 2. The molecule has 1 aromatic carbocycles. The van der Waals surface area contributed by atoms with E-state index >= 15 is 0 Å². The van der Waals surface area contributed by atoms with Gasteiger partial charge in [-0.05, 0) is 50.4 Å². The molecule has 1 aliphatic heterocycles. The zero-order valence-corrected chi connectivity index (χ0v) is 13.1. The van der Waals surface area contributed by atoms with Crippen LogP contribution in [0.5, 0.6) is 0 Å². The molecule has 0 radical (unpaired) electrons. The van der Waals surface area contributed by atoms with Crippen molar-refractivity contribution >= 4 is 35.1 Å². The Labute approximate surface area is 135 Å². The van der Waals surface area contributed by atoms with Crippen molar-refractivity contribution in [2.24, 2.45) is 5.92 Å². The number of aromatic nitrogens is 1. The number of hydrogen-bond donors (Lipinski definition) is 2. The van der Waals surface area contributed by atoms with Crippen molar-refractivity contribution in [3.63, 3.8) is 0 Å². The van der Waals surface area contributed by atoms with Crippen molar-refractivity contribution in [3.8, 4) is 0 Å². The Morgan fingerprint density at radius 3 is 2.95 bits per heavy atom. The van der Waals surface area contributed by atoms with Crippen LogP contribution in [-0.2, 0) is 4.79 Å². The van der Waals surface area contributed by atoms with Gasteiger partial charge in [-0.25, -0.2) is 4.98 Å². The minimum absolute atomic E-state index is 0. The summed E-state index contributed by atoms with van der Waals surface area (Å²) in [6.45, 7) is 1.96. The predicted octanol–water partition coefficient (Wildman–Crippen LogP) is 3.07. The molecular weight excluding hydrogens is 302 g/mol. The van der Waals surface area contributed by atoms with Gasteiger partial charge in [0.25, 0.3) is 0 Å². The van der Waals surface area contributed by atoms with Gasteiger partial charge < -0.3 is 15.1 Å². The van der Waals surface area contributed by atoms with Crippen LogP contribution in [0.25, 0.3) is 11.1 Å². The minimum Gasteiger partial charge on any atom is -0.440 e. The maximum absolute atomic E-state index is 12.0. The summed E-state index contributed by atoms with van der Waals surface area (Å²) in [5.74, 6) is 1.88. The second kappa shape index (κ2) is 6.26. The van der Waals surface area contributed by atoms with E-state index < -0.39 is 0 Å². The van der Waals surface area contributed by atoms with Crippen molar-refractivity contribution in [1.82, 2.24) is 10.3 Å². The smallest absolute Gasteiger partial charge is 0.224 e. The number of hydrogen-bond acceptors (Lipinski definition) is 4. The molecule has 2 N–H and O–H groups in total. The molecule has 1 unspecified atom stereocenters. The highest BCUT2D eigenvalue weighted by atomic mass is 35.5. The molecule has 2 aliphatic rings. The van der Waals surface area contributed by atoms with Gasteiger partial charge in [0.05, 0.1) is 0 Å². The summed E-state index contributed by atoms with van der Waals surface area (Å²) in [5.41, 5.74) is 2.42. The van der Waals surface area contributed by atoms with Gasteiger partial charge in [-0.1, -0.05) is 0 Å². The molecule has 1 amide bonds. The van der Waals surface area contributed by atoms with E-state index in [1.807, 2.05) is 18.2 Å². The van der Waals surface area contributed by atoms with Crippen LogP contribution >= 0.6 is 12.4 Å². The van der Waals surface area contributed by atoms with Gasteiger partial charge in [-0.3, -0.25) is 4.79 Å². The molecule has 5 nitrogen and oxygen atoms in total. The third kappa shape index (κ3) is 3.25. The van der Waals surface area contributed by atoms with Gasteiger partial charge in [0.2, 0.25) is 5.91 Å². The van der Waals surface area contributed by atoms with Crippen LogP contribution in [0.3, 0.4) is 0 Å². The molecule has 0 bridgehead atoms. The second-order valence-corrected chi connectivity index (χ2v) is 6.12. The zero-order valence-electron chi connectivity index (χ0n) is 12.3. The summed E-state index contributed by atoms with van der Waals surface area (Å²) in [4.78, 5) is 16.5. The van der Waals surface area contributed by atoms with E-state index in [1.54, 1.807) is 0 Å². The van der Waals surface area contributed by atoms with Gasteiger partial charge >= 0.3 is 0 Å². The van der Waals surface area contributed by atoms with Crippen LogP contribution in [0.1, 0.15) is 37.5 Å². The van der Waals surface area contributed by atoms with Crippen LogP contribution in [0.15, 0.2) is 22.6 Å². The molecule has 22 heavy (non-hydrogen) atoms. The molecule has 4 rings (SSSR count). The Morgan fingerprint density at radius 2 is 2.23 bits per heavy atom. The standard InChI is InChI=1S/C16H19N3O2.ClH/c20-15(7-10-5-6-17-9-10)18-12-3-4-13-14(8-12)21-16(19-13)11-1-2-11;/h3-4,8,10-11,17H,1-2,5-7,9H2,(H,18,20);1H. The lowest BCUT2D eigenvalue weighted by atomic mass is 10.0. The number of nitrogens with zero attached hydrogens (tertiary/aromatic N) is 1. The first kappa shape index (κ1) is 15.3. The normalized spacial score (nSPS) is 20.8. The summed E-state index contributed by atoms with van der Waals surface area (Å²) in [6, 6.07) is 5.68. The van der Waals surface area contributed by atoms with Crippen LogP contribution in [0.4, 0.5) is 5.69 Å². The first-order chi connectivity index (χ1) is 10.3. The summed E-state index contributed by atoms with van der Waals surface area (Å²) in [7, 11) is 0. The van der Waals surface area contributed by atoms with Crippen LogP contribution < -0.4 is 10.6 Å². The van der Waals surface area contributed by atoms with E-state index in [9.17, 15) is 4.79 Å². The fraction of sp³-hybridized carbons (Fsp3) is 0.500. The van der Waals surface area contributed by atoms with E-state index in [0.717, 1.165) is 42.2 Å². The molecule has 118 valence electrons. The highest BCUT2D eigenvalue weighted by Crippen LogP contribution is 2.40. The number of carbonyl (C=O) groups excluding carboxylic acids is 1. The number of carbonyl (C=O) groups is 1. The van der Waals surface area contributed by atoms with E-state index in [0.29, 0.717) is 18.3 Å². The molecule has 0 spiro atoms. The molecule has 1 aliphatic carbocycles. The van der Waals surface area contributed by atoms with Crippen molar-refractivity contribution in [2.75, 3.05) is 18.4 Å². The van der Waals surface area contributed by atoms with Crippen molar-refractivity contribution in [2.45, 2.75) is 31.6 Å². The van der Waals surface area contributed by atoms with Gasteiger partial charge in [-0.2, -0.15) is 0 Å². The Balaban J connectivity index is 0.00000144. The Morgan fingerprint density at radius 1 is 1.36 bits per heavy atom. The largest absolute Gasteiger partial charge is 0.440 e. The third-order valence-corrected chi connectivity index (χ3v) is 4.25. The SMILES string of the molecule is Cl.O=C(CC1CCNC1)Nc1ccc2nc(C3CC3)oc2c1. The monoisotopic (exact) mass is 321 g/mol. The number of anilines is 1. The molecule has 2 aromatic rings. The maximum Gasteiger partial charge on any atom is 0.224 e. The lowest BCUT2D eigenvalue weighted by Gasteiger charge is -2.08. The van der Waals surface area contributed by atoms with Gasteiger partial charge in [0.1, 0.15) is 5.52 Å². The third-order valence-electron chi connectivity index (χ3n) is 4.25. The molecule has 1 atom stereocenters. The summed E-state index contributed by atoms with van der Waals surface area (Å²) in [5, 5.41) is 6.24. The van der Waals surface area contributed by atoms with Crippen molar-refractivity contribution in [3.05, 3.63) is 24.1 Å². The number of amides is 1. The van der Waals surface area contributed by atoms with Gasteiger partial charge in [0, 0.05) is 24.1 Å². The number of halogens is 1. The summed E-state index contributed by atoms with van der Waals surface area (Å²) < 4.78 is 5.78. The lowest BCUT2D eigenvalue weighted by Crippen LogP contribution is -2.18. The van der Waals surface area contributed by atoms with Gasteiger partial charge in [0.15, 0.2) is 11.5 Å².